The molecule has 0 saturated heterocycles. The van der Waals surface area contributed by atoms with Crippen LogP contribution in [-0.4, -0.2) is 37.4 Å². The van der Waals surface area contributed by atoms with Crippen molar-refractivity contribution in [2.24, 2.45) is 0 Å². The fraction of sp³-hybridized carbons (Fsp3) is 0.448. The molecule has 5 heteroatoms. The van der Waals surface area contributed by atoms with Crippen molar-refractivity contribution in [2.75, 3.05) is 0 Å². The number of H-pyrrole nitrogens is 1. The monoisotopic (exact) mass is 454 g/mol. The SMILES string of the molecule is O=C(Cn1c(-c2cccc3[nH]ccc23)nc2ccccc21)N(C1CCCCC1)C1CCCCC1. The van der Waals surface area contributed by atoms with Crippen molar-refractivity contribution in [1.82, 2.24) is 19.4 Å². The summed E-state index contributed by atoms with van der Waals surface area (Å²) in [4.78, 5) is 24.8. The summed E-state index contributed by atoms with van der Waals surface area (Å²) in [5, 5.41) is 1.14. The Kier molecular flexibility index (Phi) is 5.86. The van der Waals surface area contributed by atoms with Gasteiger partial charge in [0, 0.05) is 34.7 Å². The van der Waals surface area contributed by atoms with E-state index < -0.39 is 0 Å². The summed E-state index contributed by atoms with van der Waals surface area (Å²) in [7, 11) is 0. The number of nitrogens with zero attached hydrogens (tertiary/aromatic N) is 3. The van der Waals surface area contributed by atoms with E-state index in [-0.39, 0.29) is 5.91 Å². The Labute approximate surface area is 201 Å². The molecule has 2 aromatic heterocycles. The van der Waals surface area contributed by atoms with Crippen LogP contribution in [0.5, 0.6) is 0 Å². The van der Waals surface area contributed by atoms with Crippen LogP contribution < -0.4 is 0 Å². The molecule has 0 unspecified atom stereocenters. The Bertz CT molecular complexity index is 1270. The van der Waals surface area contributed by atoms with Crippen LogP contribution in [0.15, 0.2) is 54.7 Å². The summed E-state index contributed by atoms with van der Waals surface area (Å²) in [6.07, 6.45) is 14.2. The lowest BCUT2D eigenvalue weighted by Crippen LogP contribution is -2.50. The molecule has 2 aliphatic carbocycles. The maximum Gasteiger partial charge on any atom is 0.243 e. The van der Waals surface area contributed by atoms with Crippen molar-refractivity contribution in [2.45, 2.75) is 82.8 Å². The number of amides is 1. The van der Waals surface area contributed by atoms with Crippen LogP contribution in [0.3, 0.4) is 0 Å². The van der Waals surface area contributed by atoms with E-state index in [9.17, 15) is 4.79 Å². The molecule has 34 heavy (non-hydrogen) atoms. The van der Waals surface area contributed by atoms with Crippen molar-refractivity contribution < 1.29 is 4.79 Å². The van der Waals surface area contributed by atoms with Gasteiger partial charge in [-0.3, -0.25) is 4.79 Å². The molecule has 0 aliphatic heterocycles. The van der Waals surface area contributed by atoms with Gasteiger partial charge in [-0.15, -0.1) is 0 Å². The van der Waals surface area contributed by atoms with Crippen LogP contribution in [0.4, 0.5) is 0 Å². The van der Waals surface area contributed by atoms with Gasteiger partial charge in [-0.1, -0.05) is 62.8 Å². The molecule has 0 radical (unpaired) electrons. The van der Waals surface area contributed by atoms with Crippen molar-refractivity contribution in [1.29, 1.82) is 0 Å². The minimum Gasteiger partial charge on any atom is -0.361 e. The van der Waals surface area contributed by atoms with Gasteiger partial charge >= 0.3 is 0 Å². The van der Waals surface area contributed by atoms with Crippen LogP contribution >= 0.6 is 0 Å². The van der Waals surface area contributed by atoms with Gasteiger partial charge in [0.1, 0.15) is 12.4 Å². The fourth-order valence-corrected chi connectivity index (χ4v) is 6.36. The molecular weight excluding hydrogens is 420 g/mol. The quantitative estimate of drug-likeness (QED) is 0.366. The second-order valence-electron chi connectivity index (χ2n) is 10.1. The minimum atomic E-state index is 0.268. The number of aromatic amines is 1. The lowest BCUT2D eigenvalue weighted by molar-refractivity contribution is -0.138. The van der Waals surface area contributed by atoms with E-state index in [0.29, 0.717) is 18.6 Å². The van der Waals surface area contributed by atoms with Crippen LogP contribution in [0, 0.1) is 0 Å². The van der Waals surface area contributed by atoms with Gasteiger partial charge in [-0.05, 0) is 49.9 Å². The third-order valence-corrected chi connectivity index (χ3v) is 8.01. The first-order valence-electron chi connectivity index (χ1n) is 13.1. The molecule has 2 aliphatic rings. The number of fused-ring (bicyclic) bond motifs is 2. The van der Waals surface area contributed by atoms with Crippen LogP contribution in [0.1, 0.15) is 64.2 Å². The van der Waals surface area contributed by atoms with Crippen molar-refractivity contribution in [3.05, 3.63) is 54.7 Å². The zero-order valence-electron chi connectivity index (χ0n) is 19.9. The summed E-state index contributed by atoms with van der Waals surface area (Å²) < 4.78 is 2.16. The number of aromatic nitrogens is 3. The molecule has 4 aromatic rings. The Hall–Kier alpha value is -3.08. The molecule has 1 N–H and O–H groups in total. The number of imidazole rings is 1. The highest BCUT2D eigenvalue weighted by atomic mass is 16.2. The number of rotatable bonds is 5. The van der Waals surface area contributed by atoms with Gasteiger partial charge in [0.15, 0.2) is 0 Å². The van der Waals surface area contributed by atoms with Gasteiger partial charge in [0.2, 0.25) is 5.91 Å². The molecule has 176 valence electrons. The van der Waals surface area contributed by atoms with E-state index in [4.69, 9.17) is 4.98 Å². The first-order valence-corrected chi connectivity index (χ1v) is 13.1. The fourth-order valence-electron chi connectivity index (χ4n) is 6.36. The molecule has 6 rings (SSSR count). The number of nitrogens with one attached hydrogen (secondary N) is 1. The van der Waals surface area contributed by atoms with Gasteiger partial charge in [0.05, 0.1) is 11.0 Å². The Morgan fingerprint density at radius 2 is 1.59 bits per heavy atom. The predicted molar refractivity (Wildman–Crippen MR) is 138 cm³/mol. The van der Waals surface area contributed by atoms with Crippen LogP contribution in [0.2, 0.25) is 0 Å². The van der Waals surface area contributed by atoms with E-state index in [2.05, 4.69) is 50.8 Å². The first kappa shape index (κ1) is 21.5. The van der Waals surface area contributed by atoms with E-state index in [1.54, 1.807) is 0 Å². The van der Waals surface area contributed by atoms with Crippen LogP contribution in [0.25, 0.3) is 33.3 Å². The largest absolute Gasteiger partial charge is 0.361 e. The highest BCUT2D eigenvalue weighted by Gasteiger charge is 2.33. The van der Waals surface area contributed by atoms with E-state index >= 15 is 0 Å². The Morgan fingerprint density at radius 3 is 2.32 bits per heavy atom. The zero-order chi connectivity index (χ0) is 22.9. The molecule has 0 bridgehead atoms. The van der Waals surface area contributed by atoms with E-state index in [1.807, 2.05) is 18.3 Å². The van der Waals surface area contributed by atoms with Crippen molar-refractivity contribution >= 4 is 27.8 Å². The highest BCUT2D eigenvalue weighted by molar-refractivity contribution is 5.96. The maximum atomic E-state index is 14.1. The van der Waals surface area contributed by atoms with Crippen molar-refractivity contribution in [3.63, 3.8) is 0 Å². The molecular formula is C29H34N4O. The second-order valence-corrected chi connectivity index (χ2v) is 10.1. The summed E-state index contributed by atoms with van der Waals surface area (Å²) in [5.74, 6) is 1.15. The summed E-state index contributed by atoms with van der Waals surface area (Å²) >= 11 is 0. The minimum absolute atomic E-state index is 0.268. The maximum absolute atomic E-state index is 14.1. The van der Waals surface area contributed by atoms with Crippen molar-refractivity contribution in [3.8, 4) is 11.4 Å². The average Bonchev–Trinajstić information content (AvgIpc) is 3.51. The number of hydrogen-bond donors (Lipinski definition) is 1. The van der Waals surface area contributed by atoms with Gasteiger partial charge in [0.25, 0.3) is 0 Å². The highest BCUT2D eigenvalue weighted by Crippen LogP contribution is 2.33. The molecule has 0 atom stereocenters. The van der Waals surface area contributed by atoms with Crippen LogP contribution in [-0.2, 0) is 11.3 Å². The standard InChI is InChI=1S/C29H34N4O/c34-28(33(21-10-3-1-4-11-21)22-12-5-2-6-13-22)20-32-27-17-8-7-15-26(27)31-29(32)24-14-9-16-25-23(24)18-19-30-25/h7-9,14-19,21-22,30H,1-6,10-13,20H2. The number of benzene rings is 2. The summed E-state index contributed by atoms with van der Waals surface area (Å²) in [6.45, 7) is 0.351. The molecule has 2 fully saturated rings. The van der Waals surface area contributed by atoms with E-state index in [0.717, 1.165) is 59.0 Å². The van der Waals surface area contributed by atoms with Gasteiger partial charge in [-0.2, -0.15) is 0 Å². The predicted octanol–water partition coefficient (Wildman–Crippen LogP) is 6.68. The number of hydrogen-bond acceptors (Lipinski definition) is 2. The van der Waals surface area contributed by atoms with E-state index in [1.165, 1.54) is 38.5 Å². The number of carbonyl (C=O) groups is 1. The summed E-state index contributed by atoms with van der Waals surface area (Å²) in [6, 6.07) is 17.4. The smallest absolute Gasteiger partial charge is 0.243 e. The molecule has 0 spiro atoms. The second kappa shape index (κ2) is 9.28. The summed E-state index contributed by atoms with van der Waals surface area (Å²) in [5.41, 5.74) is 4.14. The molecule has 2 heterocycles. The third-order valence-electron chi connectivity index (χ3n) is 8.01. The van der Waals surface area contributed by atoms with Gasteiger partial charge in [-0.25, -0.2) is 4.98 Å². The number of carbonyl (C=O) groups excluding carboxylic acids is 1. The molecule has 2 aromatic carbocycles. The lowest BCUT2D eigenvalue weighted by atomic mass is 9.88. The Morgan fingerprint density at radius 1 is 0.882 bits per heavy atom. The average molecular weight is 455 g/mol. The molecule has 5 nitrogen and oxygen atoms in total. The first-order chi connectivity index (χ1) is 16.8. The zero-order valence-corrected chi connectivity index (χ0v) is 19.9. The molecule has 1 amide bonds. The Balaban J connectivity index is 1.41. The topological polar surface area (TPSA) is 53.9 Å². The molecule has 2 saturated carbocycles. The third kappa shape index (κ3) is 3.91. The lowest BCUT2D eigenvalue weighted by Gasteiger charge is -2.42. The van der Waals surface area contributed by atoms with Gasteiger partial charge < -0.3 is 14.5 Å². The normalized spacial score (nSPS) is 18.0. The number of para-hydroxylation sites is 2.